The van der Waals surface area contributed by atoms with E-state index >= 15 is 0 Å². The second kappa shape index (κ2) is 6.89. The number of nitrogen functional groups attached to an aromatic ring is 1. The van der Waals surface area contributed by atoms with Crippen LogP contribution in [-0.4, -0.2) is 40.6 Å². The first-order valence-electron chi connectivity index (χ1n) is 10.5. The molecule has 3 unspecified atom stereocenters. The maximum absolute atomic E-state index is 13.2. The Morgan fingerprint density at radius 1 is 1.36 bits per heavy atom. The highest BCUT2D eigenvalue weighted by Crippen LogP contribution is 2.54. The number of amides is 1. The smallest absolute Gasteiger partial charge is 0.244 e. The van der Waals surface area contributed by atoms with E-state index in [2.05, 4.69) is 10.2 Å². The van der Waals surface area contributed by atoms with Gasteiger partial charge in [0.25, 0.3) is 0 Å². The van der Waals surface area contributed by atoms with E-state index in [1.54, 1.807) is 0 Å². The van der Waals surface area contributed by atoms with Gasteiger partial charge in [-0.1, -0.05) is 18.2 Å². The Balaban J connectivity index is 1.42. The standard InChI is InChI=1S/C23H33N3O2/c1-22(2,26(3)9-8-16-6-4-5-7-19(16)24)21(27)25-20-17-10-15-11-18(20)14-23(28,12-15)13-17/h4-7,15,17,28H,8-14,24H2,1-3H3,(H,25,27). The van der Waals surface area contributed by atoms with E-state index in [1.807, 2.05) is 45.2 Å². The van der Waals surface area contributed by atoms with Crippen LogP contribution in [0, 0.1) is 11.8 Å². The first-order valence-corrected chi connectivity index (χ1v) is 10.5. The van der Waals surface area contributed by atoms with Crippen molar-refractivity contribution in [2.45, 2.75) is 63.5 Å². The van der Waals surface area contributed by atoms with Gasteiger partial charge in [-0.2, -0.15) is 0 Å². The molecule has 0 aliphatic heterocycles. The van der Waals surface area contributed by atoms with Gasteiger partial charge in [0.15, 0.2) is 0 Å². The maximum atomic E-state index is 13.2. The summed E-state index contributed by atoms with van der Waals surface area (Å²) in [5, 5.41) is 14.0. The Kier molecular flexibility index (Phi) is 4.79. The van der Waals surface area contributed by atoms with Gasteiger partial charge in [-0.25, -0.2) is 0 Å². The summed E-state index contributed by atoms with van der Waals surface area (Å²) in [7, 11) is 2.00. The average Bonchev–Trinajstić information content (AvgIpc) is 2.62. The molecule has 5 rings (SSSR count). The molecule has 4 aliphatic rings. The number of aliphatic hydroxyl groups is 1. The van der Waals surface area contributed by atoms with Gasteiger partial charge in [-0.05, 0) is 82.5 Å². The largest absolute Gasteiger partial charge is 0.399 e. The number of carbonyl (C=O) groups excluding carboxylic acids is 1. The summed E-state index contributed by atoms with van der Waals surface area (Å²) >= 11 is 0. The number of nitrogens with zero attached hydrogens (tertiary/aromatic N) is 1. The van der Waals surface area contributed by atoms with Gasteiger partial charge in [0.05, 0.1) is 11.1 Å². The lowest BCUT2D eigenvalue weighted by Gasteiger charge is -2.52. The number of hydrogen-bond acceptors (Lipinski definition) is 4. The molecule has 0 radical (unpaired) electrons. The number of anilines is 1. The van der Waals surface area contributed by atoms with Crippen molar-refractivity contribution in [3.63, 3.8) is 0 Å². The molecule has 2 saturated carbocycles. The number of nitrogens with two attached hydrogens (primary N) is 1. The number of rotatable bonds is 6. The SMILES string of the molecule is CN(CCc1ccccc1N)C(C)(C)C(=O)NC1=C2CC3CC1CC(O)(C2)C3. The Morgan fingerprint density at radius 2 is 2.11 bits per heavy atom. The molecule has 3 atom stereocenters. The molecule has 5 nitrogen and oxygen atoms in total. The molecule has 1 amide bonds. The lowest BCUT2D eigenvalue weighted by atomic mass is 9.57. The maximum Gasteiger partial charge on any atom is 0.244 e. The number of likely N-dealkylation sites (N-methyl/N-ethyl adjacent to an activating group) is 1. The molecule has 0 spiro atoms. The average molecular weight is 384 g/mol. The van der Waals surface area contributed by atoms with Crippen LogP contribution in [0.3, 0.4) is 0 Å². The van der Waals surface area contributed by atoms with Crippen molar-refractivity contribution in [3.8, 4) is 0 Å². The number of hydrogen-bond donors (Lipinski definition) is 3. The second-order valence-corrected chi connectivity index (χ2v) is 9.71. The van der Waals surface area contributed by atoms with E-state index in [1.165, 1.54) is 5.57 Å². The molecule has 0 aromatic heterocycles. The van der Waals surface area contributed by atoms with Gasteiger partial charge in [0.1, 0.15) is 0 Å². The summed E-state index contributed by atoms with van der Waals surface area (Å²) in [4.78, 5) is 15.3. The summed E-state index contributed by atoms with van der Waals surface area (Å²) in [6.45, 7) is 4.71. The van der Waals surface area contributed by atoms with E-state index in [0.29, 0.717) is 11.8 Å². The summed E-state index contributed by atoms with van der Waals surface area (Å²) in [5.41, 5.74) is 9.22. The lowest BCUT2D eigenvalue weighted by molar-refractivity contribution is -0.131. The molecule has 0 saturated heterocycles. The van der Waals surface area contributed by atoms with Crippen molar-refractivity contribution in [1.82, 2.24) is 10.2 Å². The zero-order valence-electron chi connectivity index (χ0n) is 17.3. The molecule has 152 valence electrons. The zero-order chi connectivity index (χ0) is 20.1. The number of para-hydroxylation sites is 1. The molecule has 0 heterocycles. The fraction of sp³-hybridized carbons (Fsp3) is 0.609. The first-order chi connectivity index (χ1) is 13.2. The first kappa shape index (κ1) is 19.5. The van der Waals surface area contributed by atoms with Crippen molar-refractivity contribution in [1.29, 1.82) is 0 Å². The third kappa shape index (κ3) is 3.46. The van der Waals surface area contributed by atoms with Crippen LogP contribution >= 0.6 is 0 Å². The zero-order valence-corrected chi connectivity index (χ0v) is 17.3. The molecule has 2 fully saturated rings. The van der Waals surface area contributed by atoms with E-state index < -0.39 is 11.1 Å². The van der Waals surface area contributed by atoms with Crippen LogP contribution in [0.4, 0.5) is 5.69 Å². The fourth-order valence-electron chi connectivity index (χ4n) is 5.45. The third-order valence-electron chi connectivity index (χ3n) is 7.31. The van der Waals surface area contributed by atoms with Gasteiger partial charge in [0, 0.05) is 23.8 Å². The summed E-state index contributed by atoms with van der Waals surface area (Å²) < 4.78 is 0. The number of benzene rings is 1. The molecule has 4 bridgehead atoms. The minimum atomic E-state index is -0.622. The minimum absolute atomic E-state index is 0.0398. The molecule has 1 aromatic rings. The molecule has 4 aliphatic carbocycles. The highest BCUT2D eigenvalue weighted by Gasteiger charge is 2.50. The lowest BCUT2D eigenvalue weighted by Crippen LogP contribution is -2.56. The Hall–Kier alpha value is -1.85. The number of nitrogens with one attached hydrogen (secondary N) is 1. The molecule has 4 N–H and O–H groups in total. The summed E-state index contributed by atoms with van der Waals surface area (Å²) in [6, 6.07) is 7.90. The van der Waals surface area contributed by atoms with Gasteiger partial charge in [-0.15, -0.1) is 0 Å². The predicted molar refractivity (Wildman–Crippen MR) is 111 cm³/mol. The second-order valence-electron chi connectivity index (χ2n) is 9.71. The Labute approximate surface area is 168 Å². The Bertz CT molecular complexity index is 816. The highest BCUT2D eigenvalue weighted by atomic mass is 16.3. The van der Waals surface area contributed by atoms with Crippen LogP contribution < -0.4 is 11.1 Å². The molecule has 5 heteroatoms. The monoisotopic (exact) mass is 383 g/mol. The minimum Gasteiger partial charge on any atom is -0.399 e. The van der Waals surface area contributed by atoms with Gasteiger partial charge < -0.3 is 16.2 Å². The van der Waals surface area contributed by atoms with Crippen LogP contribution in [0.2, 0.25) is 0 Å². The molecular weight excluding hydrogens is 350 g/mol. The van der Waals surface area contributed by atoms with Crippen molar-refractivity contribution in [3.05, 3.63) is 41.1 Å². The van der Waals surface area contributed by atoms with Gasteiger partial charge in [-0.3, -0.25) is 9.69 Å². The summed E-state index contributed by atoms with van der Waals surface area (Å²) in [6.07, 6.45) is 5.42. The molecule has 28 heavy (non-hydrogen) atoms. The molecular formula is C23H33N3O2. The van der Waals surface area contributed by atoms with Crippen molar-refractivity contribution in [2.75, 3.05) is 19.3 Å². The van der Waals surface area contributed by atoms with Crippen LogP contribution in [0.5, 0.6) is 0 Å². The fourth-order valence-corrected chi connectivity index (χ4v) is 5.45. The van der Waals surface area contributed by atoms with Crippen molar-refractivity contribution < 1.29 is 9.90 Å². The number of allylic oxidation sites excluding steroid dienone is 1. The van der Waals surface area contributed by atoms with Gasteiger partial charge >= 0.3 is 0 Å². The van der Waals surface area contributed by atoms with E-state index in [4.69, 9.17) is 5.73 Å². The Morgan fingerprint density at radius 3 is 2.79 bits per heavy atom. The van der Waals surface area contributed by atoms with E-state index in [0.717, 1.165) is 62.0 Å². The predicted octanol–water partition coefficient (Wildman–Crippen LogP) is 2.85. The van der Waals surface area contributed by atoms with E-state index in [9.17, 15) is 9.90 Å². The molecule has 1 aromatic carbocycles. The van der Waals surface area contributed by atoms with Crippen LogP contribution in [0.25, 0.3) is 0 Å². The van der Waals surface area contributed by atoms with Crippen LogP contribution in [0.1, 0.15) is 51.5 Å². The van der Waals surface area contributed by atoms with Crippen LogP contribution in [-0.2, 0) is 11.2 Å². The normalized spacial score (nSPS) is 28.9. The summed E-state index contributed by atoms with van der Waals surface area (Å²) in [5.74, 6) is 0.952. The van der Waals surface area contributed by atoms with Crippen molar-refractivity contribution in [2.24, 2.45) is 11.8 Å². The highest BCUT2D eigenvalue weighted by molar-refractivity contribution is 5.87. The number of carbonyl (C=O) groups is 1. The van der Waals surface area contributed by atoms with Crippen molar-refractivity contribution >= 4 is 11.6 Å². The quantitative estimate of drug-likeness (QED) is 0.660. The van der Waals surface area contributed by atoms with E-state index in [-0.39, 0.29) is 5.91 Å². The third-order valence-corrected chi connectivity index (χ3v) is 7.31. The van der Waals surface area contributed by atoms with Gasteiger partial charge in [0.2, 0.25) is 5.91 Å². The van der Waals surface area contributed by atoms with Crippen LogP contribution in [0.15, 0.2) is 35.5 Å². The topological polar surface area (TPSA) is 78.6 Å².